The average Bonchev–Trinajstić information content (AvgIpc) is 3.09. The van der Waals surface area contributed by atoms with Crippen LogP contribution in [0.5, 0.6) is 0 Å². The van der Waals surface area contributed by atoms with E-state index in [4.69, 9.17) is 8.61 Å². The summed E-state index contributed by atoms with van der Waals surface area (Å²) in [5, 5.41) is 34.4. The van der Waals surface area contributed by atoms with Gasteiger partial charge in [-0.05, 0) is 50.2 Å². The van der Waals surface area contributed by atoms with Gasteiger partial charge in [0.25, 0.3) is 10.1 Å². The van der Waals surface area contributed by atoms with Crippen LogP contribution in [-0.2, 0) is 18.7 Å². The number of aliphatic hydroxyl groups is 3. The summed E-state index contributed by atoms with van der Waals surface area (Å²) in [5.74, 6) is 0. The minimum atomic E-state index is -4.21. The molecule has 1 heterocycles. The molecule has 1 aliphatic heterocycles. The Morgan fingerprint density at radius 3 is 2.26 bits per heavy atom. The van der Waals surface area contributed by atoms with E-state index < -0.39 is 48.9 Å². The van der Waals surface area contributed by atoms with Gasteiger partial charge in [0, 0.05) is 0 Å². The molecule has 0 amide bonds. The predicted molar refractivity (Wildman–Crippen MR) is 121 cm³/mol. The second-order valence-electron chi connectivity index (χ2n) is 9.79. The first kappa shape index (κ1) is 26.4. The van der Waals surface area contributed by atoms with E-state index in [1.165, 1.54) is 12.1 Å². The molecule has 2 rings (SSSR count). The molecular weight excluding hydrogens is 438 g/mol. The Morgan fingerprint density at radius 1 is 1.19 bits per heavy atom. The minimum absolute atomic E-state index is 0.0452. The molecule has 1 aliphatic rings. The molecule has 0 aromatic heterocycles. The van der Waals surface area contributed by atoms with Crippen LogP contribution in [0.2, 0.25) is 18.1 Å². The summed E-state index contributed by atoms with van der Waals surface area (Å²) in [6.45, 7) is 12.3. The van der Waals surface area contributed by atoms with E-state index in [0.717, 1.165) is 5.56 Å². The lowest BCUT2D eigenvalue weighted by Crippen LogP contribution is -2.54. The van der Waals surface area contributed by atoms with Crippen molar-refractivity contribution < 1.29 is 32.3 Å². The lowest BCUT2D eigenvalue weighted by molar-refractivity contribution is -0.0833. The third-order valence-electron chi connectivity index (χ3n) is 6.31. The summed E-state index contributed by atoms with van der Waals surface area (Å²) in [7, 11) is -6.50. The largest absolute Gasteiger partial charge is 0.414 e. The average molecular weight is 476 g/mol. The van der Waals surface area contributed by atoms with E-state index in [1.807, 2.05) is 40.8 Å². The molecule has 1 aromatic carbocycles. The minimum Gasteiger partial charge on any atom is -0.414 e. The van der Waals surface area contributed by atoms with E-state index in [1.54, 1.807) is 12.1 Å². The second-order valence-corrected chi connectivity index (χ2v) is 16.2. The summed E-state index contributed by atoms with van der Waals surface area (Å²) < 4.78 is 37.2. The molecule has 1 fully saturated rings. The van der Waals surface area contributed by atoms with Gasteiger partial charge >= 0.3 is 0 Å². The molecule has 0 saturated carbocycles. The zero-order valence-electron chi connectivity index (χ0n) is 19.2. The highest BCUT2D eigenvalue weighted by Crippen LogP contribution is 2.37. The molecular formula is C21H37NO7SSi. The molecule has 0 unspecified atom stereocenters. The molecule has 1 saturated heterocycles. The van der Waals surface area contributed by atoms with E-state index in [0.29, 0.717) is 13.0 Å². The van der Waals surface area contributed by atoms with Gasteiger partial charge < -0.3 is 25.1 Å². The van der Waals surface area contributed by atoms with Crippen molar-refractivity contribution >= 4 is 18.4 Å². The molecule has 1 aromatic rings. The fraction of sp³-hybridized carbons (Fsp3) is 0.714. The lowest BCUT2D eigenvalue weighted by Gasteiger charge is -2.38. The molecule has 8 nitrogen and oxygen atoms in total. The highest BCUT2D eigenvalue weighted by atomic mass is 32.2. The van der Waals surface area contributed by atoms with Crippen molar-refractivity contribution in [2.75, 3.05) is 13.2 Å². The SMILES string of the molecule is Cc1ccc(S(=O)(=O)O[C@@H](CO[Si](C)(C)C(C)(C)C)[C@@H](O)[C@@H](O)[C@@H]2NCC[C@@H]2O)cc1. The summed E-state index contributed by atoms with van der Waals surface area (Å²) >= 11 is 0. The number of hydrogen-bond acceptors (Lipinski definition) is 8. The van der Waals surface area contributed by atoms with Crippen molar-refractivity contribution in [2.45, 2.75) is 87.6 Å². The van der Waals surface area contributed by atoms with Crippen LogP contribution in [0, 0.1) is 6.92 Å². The maximum absolute atomic E-state index is 12.9. The Balaban J connectivity index is 2.27. The zero-order chi connectivity index (χ0) is 23.6. The monoisotopic (exact) mass is 475 g/mol. The molecule has 0 radical (unpaired) electrons. The van der Waals surface area contributed by atoms with Crippen LogP contribution in [0.1, 0.15) is 32.8 Å². The first-order chi connectivity index (χ1) is 14.2. The third-order valence-corrected chi connectivity index (χ3v) is 12.2. The predicted octanol–water partition coefficient (Wildman–Crippen LogP) is 1.54. The summed E-state index contributed by atoms with van der Waals surface area (Å²) in [4.78, 5) is -0.0452. The van der Waals surface area contributed by atoms with Crippen molar-refractivity contribution in [1.82, 2.24) is 5.32 Å². The van der Waals surface area contributed by atoms with Crippen molar-refractivity contribution in [3.8, 4) is 0 Å². The molecule has 10 heteroatoms. The van der Waals surface area contributed by atoms with Crippen molar-refractivity contribution in [3.05, 3.63) is 29.8 Å². The van der Waals surface area contributed by atoms with Gasteiger partial charge in [-0.1, -0.05) is 38.5 Å². The second kappa shape index (κ2) is 9.96. The van der Waals surface area contributed by atoms with Crippen molar-refractivity contribution in [1.29, 1.82) is 0 Å². The van der Waals surface area contributed by atoms with E-state index in [-0.39, 0.29) is 16.5 Å². The number of hydrogen-bond donors (Lipinski definition) is 4. The fourth-order valence-electron chi connectivity index (χ4n) is 3.11. The molecule has 4 N–H and O–H groups in total. The quantitative estimate of drug-likeness (QED) is 0.313. The Kier molecular flexibility index (Phi) is 8.48. The lowest BCUT2D eigenvalue weighted by atomic mass is 9.98. The van der Waals surface area contributed by atoms with Gasteiger partial charge in [-0.2, -0.15) is 8.42 Å². The number of aliphatic hydroxyl groups excluding tert-OH is 3. The molecule has 0 aliphatic carbocycles. The fourth-order valence-corrected chi connectivity index (χ4v) is 5.20. The van der Waals surface area contributed by atoms with Gasteiger partial charge in [0.2, 0.25) is 0 Å². The molecule has 31 heavy (non-hydrogen) atoms. The van der Waals surface area contributed by atoms with Gasteiger partial charge in [0.15, 0.2) is 8.32 Å². The number of aryl methyl sites for hydroxylation is 1. The van der Waals surface area contributed by atoms with Crippen LogP contribution >= 0.6 is 0 Å². The normalized spacial score (nSPS) is 23.5. The number of nitrogens with one attached hydrogen (secondary N) is 1. The van der Waals surface area contributed by atoms with Gasteiger partial charge in [0.05, 0.1) is 23.6 Å². The Bertz CT molecular complexity index is 823. The number of benzene rings is 1. The van der Waals surface area contributed by atoms with Gasteiger partial charge in [-0.3, -0.25) is 4.18 Å². The Morgan fingerprint density at radius 2 is 1.77 bits per heavy atom. The van der Waals surface area contributed by atoms with E-state index in [9.17, 15) is 23.7 Å². The smallest absolute Gasteiger partial charge is 0.297 e. The van der Waals surface area contributed by atoms with Crippen LogP contribution in [0.4, 0.5) is 0 Å². The molecule has 5 atom stereocenters. The number of rotatable bonds is 9. The highest BCUT2D eigenvalue weighted by molar-refractivity contribution is 7.86. The van der Waals surface area contributed by atoms with Gasteiger partial charge in [-0.25, -0.2) is 0 Å². The van der Waals surface area contributed by atoms with Crippen molar-refractivity contribution in [2.24, 2.45) is 0 Å². The third kappa shape index (κ3) is 6.58. The van der Waals surface area contributed by atoms with Crippen LogP contribution in [0.3, 0.4) is 0 Å². The first-order valence-electron chi connectivity index (χ1n) is 10.6. The summed E-state index contributed by atoms with van der Waals surface area (Å²) in [6, 6.07) is 5.39. The maximum Gasteiger partial charge on any atom is 0.297 e. The topological polar surface area (TPSA) is 125 Å². The Labute approximate surface area is 186 Å². The summed E-state index contributed by atoms with van der Waals surface area (Å²) in [6.07, 6.45) is -4.78. The van der Waals surface area contributed by atoms with E-state index >= 15 is 0 Å². The van der Waals surface area contributed by atoms with E-state index in [2.05, 4.69) is 5.32 Å². The zero-order valence-corrected chi connectivity index (χ0v) is 21.0. The first-order valence-corrected chi connectivity index (χ1v) is 14.9. The van der Waals surface area contributed by atoms with Crippen LogP contribution in [-0.4, -0.2) is 75.7 Å². The van der Waals surface area contributed by atoms with Crippen LogP contribution in [0.25, 0.3) is 0 Å². The van der Waals surface area contributed by atoms with Crippen LogP contribution in [0.15, 0.2) is 29.2 Å². The van der Waals surface area contributed by atoms with Gasteiger partial charge in [0.1, 0.15) is 18.3 Å². The standard InChI is InChI=1S/C21H37NO7SSi/c1-14-7-9-15(10-8-14)30(26,27)29-17(13-28-31(5,6)21(2,3)4)19(24)20(25)18-16(23)11-12-22-18/h7-10,16-20,22-25H,11-13H2,1-6H3/t16-,17-,18+,19+,20-/m0/s1. The molecule has 0 spiro atoms. The maximum atomic E-state index is 12.9. The molecule has 178 valence electrons. The molecule has 0 bridgehead atoms. The summed E-state index contributed by atoms with van der Waals surface area (Å²) in [5.41, 5.74) is 0.897. The van der Waals surface area contributed by atoms with Crippen LogP contribution < -0.4 is 5.32 Å². The highest BCUT2D eigenvalue weighted by Gasteiger charge is 2.43. The Hall–Kier alpha value is -0.853. The van der Waals surface area contributed by atoms with Crippen molar-refractivity contribution in [3.63, 3.8) is 0 Å². The van der Waals surface area contributed by atoms with Gasteiger partial charge in [-0.15, -0.1) is 0 Å².